The number of anilines is 1. The van der Waals surface area contributed by atoms with Crippen LogP contribution in [0.5, 0.6) is 5.75 Å². The maximum absolute atomic E-state index is 12.2. The minimum absolute atomic E-state index is 0.181. The first kappa shape index (κ1) is 15.3. The SMILES string of the molecule is COc1ccc(C(N)=O)cc1NC(=O)CC1(N)CCCC1. The fourth-order valence-corrected chi connectivity index (χ4v) is 2.73. The molecule has 1 aliphatic carbocycles. The molecule has 1 aromatic carbocycles. The highest BCUT2D eigenvalue weighted by Gasteiger charge is 2.31. The smallest absolute Gasteiger partial charge is 0.248 e. The molecule has 0 heterocycles. The molecule has 1 aliphatic rings. The lowest BCUT2D eigenvalue weighted by Gasteiger charge is -2.22. The molecule has 0 atom stereocenters. The molecule has 0 aromatic heterocycles. The molecule has 1 aromatic rings. The number of benzene rings is 1. The molecule has 6 heteroatoms. The Morgan fingerprint density at radius 2 is 2.00 bits per heavy atom. The van der Waals surface area contributed by atoms with E-state index in [-0.39, 0.29) is 12.3 Å². The highest BCUT2D eigenvalue weighted by atomic mass is 16.5. The second-order valence-electron chi connectivity index (χ2n) is 5.57. The number of hydrogen-bond acceptors (Lipinski definition) is 4. The van der Waals surface area contributed by atoms with E-state index in [1.807, 2.05) is 0 Å². The maximum atomic E-state index is 12.2. The fourth-order valence-electron chi connectivity index (χ4n) is 2.73. The molecule has 6 nitrogen and oxygen atoms in total. The number of carbonyl (C=O) groups is 2. The van der Waals surface area contributed by atoms with Crippen LogP contribution in [0.3, 0.4) is 0 Å². The minimum Gasteiger partial charge on any atom is -0.495 e. The summed E-state index contributed by atoms with van der Waals surface area (Å²) < 4.78 is 5.18. The Morgan fingerprint density at radius 1 is 1.33 bits per heavy atom. The summed E-state index contributed by atoms with van der Waals surface area (Å²) in [5, 5.41) is 2.76. The third-order valence-corrected chi connectivity index (χ3v) is 3.87. The average molecular weight is 291 g/mol. The zero-order valence-electron chi connectivity index (χ0n) is 12.1. The van der Waals surface area contributed by atoms with Gasteiger partial charge in [0.2, 0.25) is 11.8 Å². The topological polar surface area (TPSA) is 107 Å². The molecule has 0 unspecified atom stereocenters. The fraction of sp³-hybridized carbons (Fsp3) is 0.467. The van der Waals surface area contributed by atoms with E-state index >= 15 is 0 Å². The normalized spacial score (nSPS) is 16.5. The lowest BCUT2D eigenvalue weighted by molar-refractivity contribution is -0.117. The van der Waals surface area contributed by atoms with Gasteiger partial charge in [-0.2, -0.15) is 0 Å². The van der Waals surface area contributed by atoms with Gasteiger partial charge in [0.05, 0.1) is 12.8 Å². The van der Waals surface area contributed by atoms with E-state index in [4.69, 9.17) is 16.2 Å². The second kappa shape index (κ2) is 6.13. The van der Waals surface area contributed by atoms with Crippen molar-refractivity contribution >= 4 is 17.5 Å². The van der Waals surface area contributed by atoms with Gasteiger partial charge in [0.1, 0.15) is 5.75 Å². The number of nitrogens with two attached hydrogens (primary N) is 2. The number of rotatable bonds is 5. The quantitative estimate of drug-likeness (QED) is 0.762. The Balaban J connectivity index is 2.12. The molecule has 114 valence electrons. The molecule has 1 saturated carbocycles. The van der Waals surface area contributed by atoms with Crippen LogP contribution in [0.25, 0.3) is 0 Å². The van der Waals surface area contributed by atoms with E-state index < -0.39 is 11.4 Å². The van der Waals surface area contributed by atoms with Gasteiger partial charge in [-0.05, 0) is 31.0 Å². The number of hydrogen-bond donors (Lipinski definition) is 3. The lowest BCUT2D eigenvalue weighted by atomic mass is 9.94. The van der Waals surface area contributed by atoms with Crippen LogP contribution in [0, 0.1) is 0 Å². The number of ether oxygens (including phenoxy) is 1. The predicted molar refractivity (Wildman–Crippen MR) is 80.1 cm³/mol. The van der Waals surface area contributed by atoms with Gasteiger partial charge in [-0.25, -0.2) is 0 Å². The number of methoxy groups -OCH3 is 1. The Labute approximate surface area is 123 Å². The van der Waals surface area contributed by atoms with Crippen LogP contribution in [0.1, 0.15) is 42.5 Å². The van der Waals surface area contributed by atoms with Crippen molar-refractivity contribution in [1.82, 2.24) is 0 Å². The third kappa shape index (κ3) is 3.72. The van der Waals surface area contributed by atoms with Gasteiger partial charge in [0.25, 0.3) is 0 Å². The van der Waals surface area contributed by atoms with E-state index in [9.17, 15) is 9.59 Å². The Hall–Kier alpha value is -2.08. The Morgan fingerprint density at radius 3 is 2.57 bits per heavy atom. The molecule has 2 amide bonds. The summed E-state index contributed by atoms with van der Waals surface area (Å²) in [6.07, 6.45) is 4.10. The molecule has 1 fully saturated rings. The van der Waals surface area contributed by atoms with Crippen LogP contribution in [0.15, 0.2) is 18.2 Å². The van der Waals surface area contributed by atoms with E-state index in [0.29, 0.717) is 17.0 Å². The van der Waals surface area contributed by atoms with Gasteiger partial charge in [-0.1, -0.05) is 12.8 Å². The Bertz CT molecular complexity index is 551. The largest absolute Gasteiger partial charge is 0.495 e. The second-order valence-corrected chi connectivity index (χ2v) is 5.57. The van der Waals surface area contributed by atoms with Crippen molar-refractivity contribution in [2.45, 2.75) is 37.6 Å². The lowest BCUT2D eigenvalue weighted by Crippen LogP contribution is -2.40. The summed E-state index contributed by atoms with van der Waals surface area (Å²) >= 11 is 0. The minimum atomic E-state index is -0.556. The van der Waals surface area contributed by atoms with Gasteiger partial charge < -0.3 is 21.5 Å². The summed E-state index contributed by atoms with van der Waals surface area (Å²) in [6, 6.07) is 4.67. The molecule has 0 bridgehead atoms. The van der Waals surface area contributed by atoms with Crippen molar-refractivity contribution in [3.05, 3.63) is 23.8 Å². The van der Waals surface area contributed by atoms with Crippen LogP contribution in [0.2, 0.25) is 0 Å². The average Bonchev–Trinajstić information content (AvgIpc) is 2.84. The van der Waals surface area contributed by atoms with E-state index in [1.165, 1.54) is 13.2 Å². The first-order chi connectivity index (χ1) is 9.93. The standard InChI is InChI=1S/C15H21N3O3/c1-21-12-5-4-10(14(16)20)8-11(12)18-13(19)9-15(17)6-2-3-7-15/h4-5,8H,2-3,6-7,9,17H2,1H3,(H2,16,20)(H,18,19). The van der Waals surface area contributed by atoms with E-state index in [2.05, 4.69) is 5.32 Å². The van der Waals surface area contributed by atoms with Crippen molar-refractivity contribution in [3.63, 3.8) is 0 Å². The number of amides is 2. The zero-order chi connectivity index (χ0) is 15.5. The summed E-state index contributed by atoms with van der Waals surface area (Å²) in [6.45, 7) is 0. The molecule has 21 heavy (non-hydrogen) atoms. The van der Waals surface area contributed by atoms with Crippen LogP contribution >= 0.6 is 0 Å². The predicted octanol–water partition coefficient (Wildman–Crippen LogP) is 1.39. The van der Waals surface area contributed by atoms with Crippen LogP contribution in [-0.2, 0) is 4.79 Å². The van der Waals surface area contributed by atoms with Gasteiger partial charge in [0, 0.05) is 17.5 Å². The van der Waals surface area contributed by atoms with Crippen molar-refractivity contribution in [3.8, 4) is 5.75 Å². The number of carbonyl (C=O) groups excluding carboxylic acids is 2. The zero-order valence-corrected chi connectivity index (χ0v) is 12.1. The monoisotopic (exact) mass is 291 g/mol. The van der Waals surface area contributed by atoms with Crippen LogP contribution in [-0.4, -0.2) is 24.5 Å². The van der Waals surface area contributed by atoms with Gasteiger partial charge >= 0.3 is 0 Å². The van der Waals surface area contributed by atoms with Crippen molar-refractivity contribution in [2.24, 2.45) is 11.5 Å². The first-order valence-electron chi connectivity index (χ1n) is 7.00. The molecule has 0 radical (unpaired) electrons. The molecule has 0 aliphatic heterocycles. The Kier molecular flexibility index (Phi) is 4.47. The summed E-state index contributed by atoms with van der Waals surface area (Å²) in [7, 11) is 1.50. The third-order valence-electron chi connectivity index (χ3n) is 3.87. The van der Waals surface area contributed by atoms with Crippen molar-refractivity contribution in [2.75, 3.05) is 12.4 Å². The molecule has 5 N–H and O–H groups in total. The summed E-state index contributed by atoms with van der Waals surface area (Å²) in [5.41, 5.74) is 11.8. The molecule has 0 spiro atoms. The van der Waals surface area contributed by atoms with Crippen LogP contribution in [0.4, 0.5) is 5.69 Å². The number of nitrogens with one attached hydrogen (secondary N) is 1. The van der Waals surface area contributed by atoms with E-state index in [1.54, 1.807) is 12.1 Å². The van der Waals surface area contributed by atoms with Crippen molar-refractivity contribution in [1.29, 1.82) is 0 Å². The first-order valence-corrected chi connectivity index (χ1v) is 7.00. The van der Waals surface area contributed by atoms with Crippen LogP contribution < -0.4 is 21.5 Å². The van der Waals surface area contributed by atoms with Gasteiger partial charge in [-0.15, -0.1) is 0 Å². The van der Waals surface area contributed by atoms with Crippen molar-refractivity contribution < 1.29 is 14.3 Å². The van der Waals surface area contributed by atoms with Gasteiger partial charge in [-0.3, -0.25) is 9.59 Å². The number of primary amides is 1. The molecular formula is C15H21N3O3. The molecule has 2 rings (SSSR count). The molecule has 0 saturated heterocycles. The highest BCUT2D eigenvalue weighted by Crippen LogP contribution is 2.31. The maximum Gasteiger partial charge on any atom is 0.248 e. The van der Waals surface area contributed by atoms with E-state index in [0.717, 1.165) is 25.7 Å². The van der Waals surface area contributed by atoms with Gasteiger partial charge in [0.15, 0.2) is 0 Å². The summed E-state index contributed by atoms with van der Waals surface area (Å²) in [5.74, 6) is -0.260. The molecular weight excluding hydrogens is 270 g/mol. The highest BCUT2D eigenvalue weighted by molar-refractivity contribution is 5.97. The summed E-state index contributed by atoms with van der Waals surface area (Å²) in [4.78, 5) is 23.4.